The smallest absolute Gasteiger partial charge is 0.222 e. The molecule has 0 saturated heterocycles. The van der Waals surface area contributed by atoms with Gasteiger partial charge < -0.3 is 10.5 Å². The summed E-state index contributed by atoms with van der Waals surface area (Å²) in [5.74, 6) is 2.41. The van der Waals surface area contributed by atoms with Crippen molar-refractivity contribution in [3.8, 4) is 11.6 Å². The van der Waals surface area contributed by atoms with Crippen molar-refractivity contribution in [2.75, 3.05) is 5.73 Å². The molecule has 1 heterocycles. The molecular formula is C15H19N3O. The van der Waals surface area contributed by atoms with Crippen molar-refractivity contribution >= 4 is 5.69 Å². The molecule has 0 aliphatic heterocycles. The molecule has 100 valence electrons. The van der Waals surface area contributed by atoms with E-state index in [-0.39, 0.29) is 5.92 Å². The van der Waals surface area contributed by atoms with Gasteiger partial charge in [-0.1, -0.05) is 13.8 Å². The third-order valence-electron chi connectivity index (χ3n) is 2.78. The monoisotopic (exact) mass is 257 g/mol. The minimum Gasteiger partial charge on any atom is -0.439 e. The number of aryl methyl sites for hydroxylation is 2. The van der Waals surface area contributed by atoms with Crippen LogP contribution < -0.4 is 10.5 Å². The molecule has 0 saturated carbocycles. The Bertz CT molecular complexity index is 594. The molecule has 2 rings (SSSR count). The standard InChI is InChI=1S/C15H19N3O/c1-9(2)15-17-11(4)8-14(18-15)19-13-6-5-12(16)7-10(13)3/h5-9H,16H2,1-4H3. The molecule has 0 unspecified atom stereocenters. The Morgan fingerprint density at radius 2 is 1.84 bits per heavy atom. The zero-order chi connectivity index (χ0) is 14.0. The minimum atomic E-state index is 0.273. The lowest BCUT2D eigenvalue weighted by Gasteiger charge is -2.11. The second kappa shape index (κ2) is 5.26. The van der Waals surface area contributed by atoms with Crippen LogP contribution in [-0.4, -0.2) is 9.97 Å². The maximum atomic E-state index is 5.83. The quantitative estimate of drug-likeness (QED) is 0.853. The fraction of sp³-hybridized carbons (Fsp3) is 0.333. The lowest BCUT2D eigenvalue weighted by Crippen LogP contribution is -2.01. The van der Waals surface area contributed by atoms with E-state index in [0.29, 0.717) is 5.88 Å². The predicted molar refractivity (Wildman–Crippen MR) is 76.5 cm³/mol. The zero-order valence-corrected chi connectivity index (χ0v) is 11.8. The average molecular weight is 257 g/mol. The molecule has 0 bridgehead atoms. The highest BCUT2D eigenvalue weighted by atomic mass is 16.5. The predicted octanol–water partition coefficient (Wildman–Crippen LogP) is 3.59. The Hall–Kier alpha value is -2.10. The van der Waals surface area contributed by atoms with E-state index >= 15 is 0 Å². The van der Waals surface area contributed by atoms with Crippen LogP contribution in [0.3, 0.4) is 0 Å². The van der Waals surface area contributed by atoms with E-state index in [0.717, 1.165) is 28.5 Å². The van der Waals surface area contributed by atoms with Crippen molar-refractivity contribution in [1.82, 2.24) is 9.97 Å². The molecule has 2 aromatic rings. The molecule has 1 aromatic carbocycles. The molecule has 0 aliphatic rings. The van der Waals surface area contributed by atoms with E-state index in [1.54, 1.807) is 0 Å². The van der Waals surface area contributed by atoms with Gasteiger partial charge >= 0.3 is 0 Å². The van der Waals surface area contributed by atoms with Gasteiger partial charge in [-0.3, -0.25) is 0 Å². The Morgan fingerprint density at radius 1 is 1.11 bits per heavy atom. The summed E-state index contributed by atoms with van der Waals surface area (Å²) in [6, 6.07) is 7.39. The largest absolute Gasteiger partial charge is 0.439 e. The summed E-state index contributed by atoms with van der Waals surface area (Å²) in [4.78, 5) is 8.83. The summed E-state index contributed by atoms with van der Waals surface area (Å²) >= 11 is 0. The molecule has 0 radical (unpaired) electrons. The lowest BCUT2D eigenvalue weighted by atomic mass is 10.2. The van der Waals surface area contributed by atoms with Crippen molar-refractivity contribution in [2.45, 2.75) is 33.6 Å². The number of rotatable bonds is 3. The van der Waals surface area contributed by atoms with E-state index in [1.165, 1.54) is 0 Å². The van der Waals surface area contributed by atoms with Gasteiger partial charge in [0.05, 0.1) is 0 Å². The van der Waals surface area contributed by atoms with E-state index in [9.17, 15) is 0 Å². The molecule has 4 heteroatoms. The van der Waals surface area contributed by atoms with E-state index < -0.39 is 0 Å². The normalized spacial score (nSPS) is 10.8. The fourth-order valence-electron chi connectivity index (χ4n) is 1.77. The first kappa shape index (κ1) is 13.3. The van der Waals surface area contributed by atoms with Gasteiger partial charge in [-0.15, -0.1) is 0 Å². The molecule has 0 spiro atoms. The van der Waals surface area contributed by atoms with Crippen molar-refractivity contribution in [1.29, 1.82) is 0 Å². The van der Waals surface area contributed by atoms with Crippen LogP contribution in [-0.2, 0) is 0 Å². The second-order valence-electron chi connectivity index (χ2n) is 4.99. The molecule has 0 fully saturated rings. The molecule has 4 nitrogen and oxygen atoms in total. The minimum absolute atomic E-state index is 0.273. The first-order chi connectivity index (χ1) is 8.95. The summed E-state index contributed by atoms with van der Waals surface area (Å²) in [6.07, 6.45) is 0. The summed E-state index contributed by atoms with van der Waals surface area (Å²) < 4.78 is 5.83. The highest BCUT2D eigenvalue weighted by Crippen LogP contribution is 2.26. The van der Waals surface area contributed by atoms with Gasteiger partial charge in [-0.05, 0) is 37.6 Å². The lowest BCUT2D eigenvalue weighted by molar-refractivity contribution is 0.452. The van der Waals surface area contributed by atoms with Crippen LogP contribution in [0, 0.1) is 13.8 Å². The van der Waals surface area contributed by atoms with Gasteiger partial charge in [-0.2, -0.15) is 4.98 Å². The van der Waals surface area contributed by atoms with Gasteiger partial charge in [0.25, 0.3) is 0 Å². The summed E-state index contributed by atoms with van der Waals surface area (Å²) in [5.41, 5.74) is 8.35. The third kappa shape index (κ3) is 3.22. The van der Waals surface area contributed by atoms with Gasteiger partial charge in [-0.25, -0.2) is 4.98 Å². The first-order valence-electron chi connectivity index (χ1n) is 6.35. The van der Waals surface area contributed by atoms with Gasteiger partial charge in [0.2, 0.25) is 5.88 Å². The van der Waals surface area contributed by atoms with Crippen molar-refractivity contribution in [3.63, 3.8) is 0 Å². The number of aromatic nitrogens is 2. The first-order valence-corrected chi connectivity index (χ1v) is 6.35. The van der Waals surface area contributed by atoms with Crippen molar-refractivity contribution in [2.24, 2.45) is 0 Å². The van der Waals surface area contributed by atoms with Crippen LogP contribution in [0.4, 0.5) is 5.69 Å². The van der Waals surface area contributed by atoms with Crippen LogP contribution in [0.15, 0.2) is 24.3 Å². The zero-order valence-electron chi connectivity index (χ0n) is 11.8. The van der Waals surface area contributed by atoms with Gasteiger partial charge in [0, 0.05) is 23.4 Å². The molecule has 0 amide bonds. The number of hydrogen-bond donors (Lipinski definition) is 1. The van der Waals surface area contributed by atoms with Crippen LogP contribution in [0.1, 0.15) is 36.8 Å². The molecule has 2 N–H and O–H groups in total. The van der Waals surface area contributed by atoms with Crippen LogP contribution >= 0.6 is 0 Å². The van der Waals surface area contributed by atoms with Crippen molar-refractivity contribution in [3.05, 3.63) is 41.3 Å². The number of anilines is 1. The summed E-state index contributed by atoms with van der Waals surface area (Å²) in [5, 5.41) is 0. The Kier molecular flexibility index (Phi) is 3.69. The maximum Gasteiger partial charge on any atom is 0.222 e. The van der Waals surface area contributed by atoms with Crippen LogP contribution in [0.25, 0.3) is 0 Å². The number of nitrogen functional groups attached to an aromatic ring is 1. The number of benzene rings is 1. The van der Waals surface area contributed by atoms with Gasteiger partial charge in [0.15, 0.2) is 0 Å². The molecular weight excluding hydrogens is 238 g/mol. The molecule has 19 heavy (non-hydrogen) atoms. The SMILES string of the molecule is Cc1cc(Oc2ccc(N)cc2C)nc(C(C)C)n1. The fourth-order valence-corrected chi connectivity index (χ4v) is 1.77. The van der Waals surface area contributed by atoms with E-state index in [4.69, 9.17) is 10.5 Å². The van der Waals surface area contributed by atoms with Crippen molar-refractivity contribution < 1.29 is 4.74 Å². The molecule has 0 atom stereocenters. The molecule has 1 aromatic heterocycles. The highest BCUT2D eigenvalue weighted by Gasteiger charge is 2.09. The number of nitrogens with zero attached hydrogens (tertiary/aromatic N) is 2. The molecule has 0 aliphatic carbocycles. The Balaban J connectivity index is 2.32. The van der Waals surface area contributed by atoms with Crippen LogP contribution in [0.5, 0.6) is 11.6 Å². The Morgan fingerprint density at radius 3 is 2.47 bits per heavy atom. The highest BCUT2D eigenvalue weighted by molar-refractivity contribution is 5.48. The topological polar surface area (TPSA) is 61.0 Å². The third-order valence-corrected chi connectivity index (χ3v) is 2.78. The maximum absolute atomic E-state index is 5.83. The summed E-state index contributed by atoms with van der Waals surface area (Å²) in [6.45, 7) is 8.03. The van der Waals surface area contributed by atoms with E-state index in [1.807, 2.05) is 38.1 Å². The number of nitrogens with two attached hydrogens (primary N) is 1. The Labute approximate surface area is 113 Å². The number of ether oxygens (including phenoxy) is 1. The second-order valence-corrected chi connectivity index (χ2v) is 4.99. The summed E-state index contributed by atoms with van der Waals surface area (Å²) in [7, 11) is 0. The number of hydrogen-bond acceptors (Lipinski definition) is 4. The van der Waals surface area contributed by atoms with E-state index in [2.05, 4.69) is 23.8 Å². The van der Waals surface area contributed by atoms with Crippen LogP contribution in [0.2, 0.25) is 0 Å². The van der Waals surface area contributed by atoms with Gasteiger partial charge in [0.1, 0.15) is 11.6 Å². The average Bonchev–Trinajstić information content (AvgIpc) is 2.32.